The first-order valence-corrected chi connectivity index (χ1v) is 12.3. The minimum absolute atomic E-state index is 0.0202. The molecule has 0 spiro atoms. The number of aryl methyl sites for hydroxylation is 1. The Morgan fingerprint density at radius 2 is 1.62 bits per heavy atom. The fourth-order valence-corrected chi connectivity index (χ4v) is 5.31. The summed E-state index contributed by atoms with van der Waals surface area (Å²) < 4.78 is 33.0. The topological polar surface area (TPSA) is 105 Å². The quantitative estimate of drug-likeness (QED) is 0.665. The molecular formula is C23H27N3O5S. The average molecular weight is 458 g/mol. The van der Waals surface area contributed by atoms with Gasteiger partial charge in [-0.3, -0.25) is 9.59 Å². The zero-order valence-electron chi connectivity index (χ0n) is 18.0. The highest BCUT2D eigenvalue weighted by Crippen LogP contribution is 2.30. The maximum atomic E-state index is 13.2. The number of morpholine rings is 1. The predicted octanol–water partition coefficient (Wildman–Crippen LogP) is 2.87. The van der Waals surface area contributed by atoms with E-state index in [2.05, 4.69) is 10.6 Å². The highest BCUT2D eigenvalue weighted by atomic mass is 32.2. The third-order valence-corrected chi connectivity index (χ3v) is 7.64. The summed E-state index contributed by atoms with van der Waals surface area (Å²) in [4.78, 5) is 24.8. The van der Waals surface area contributed by atoms with E-state index in [4.69, 9.17) is 4.74 Å². The Balaban J connectivity index is 1.50. The molecule has 170 valence electrons. The summed E-state index contributed by atoms with van der Waals surface area (Å²) in [6.07, 6.45) is 2.40. The summed E-state index contributed by atoms with van der Waals surface area (Å²) in [6.45, 7) is 3.20. The first-order valence-electron chi connectivity index (χ1n) is 10.8. The number of nitrogens with one attached hydrogen (secondary N) is 2. The first-order chi connectivity index (χ1) is 15.4. The molecule has 0 radical (unpaired) electrons. The van der Waals surface area contributed by atoms with Gasteiger partial charge in [-0.15, -0.1) is 0 Å². The van der Waals surface area contributed by atoms with Crippen LogP contribution in [0.1, 0.15) is 35.7 Å². The lowest BCUT2D eigenvalue weighted by Gasteiger charge is -2.27. The molecule has 2 fully saturated rings. The van der Waals surface area contributed by atoms with Gasteiger partial charge in [0.1, 0.15) is 0 Å². The van der Waals surface area contributed by atoms with Crippen LogP contribution in [0.25, 0.3) is 0 Å². The van der Waals surface area contributed by atoms with Crippen molar-refractivity contribution in [2.24, 2.45) is 5.92 Å². The Hall–Kier alpha value is -2.75. The van der Waals surface area contributed by atoms with E-state index in [-0.39, 0.29) is 22.3 Å². The number of hydrogen-bond acceptors (Lipinski definition) is 5. The van der Waals surface area contributed by atoms with Crippen molar-refractivity contribution in [3.05, 3.63) is 53.6 Å². The summed E-state index contributed by atoms with van der Waals surface area (Å²) in [5.41, 5.74) is 2.16. The first kappa shape index (κ1) is 22.4. The van der Waals surface area contributed by atoms with E-state index >= 15 is 0 Å². The SMILES string of the molecule is CCc1ccc(C(=O)Nc2ccc(NC(=O)C3CC3)cc2)cc1S(=O)(=O)N1CCOCC1. The summed E-state index contributed by atoms with van der Waals surface area (Å²) in [7, 11) is -3.72. The van der Waals surface area contributed by atoms with Crippen LogP contribution in [-0.2, 0) is 26.0 Å². The van der Waals surface area contributed by atoms with Crippen molar-refractivity contribution < 1.29 is 22.7 Å². The number of carbonyl (C=O) groups excluding carboxylic acids is 2. The minimum Gasteiger partial charge on any atom is -0.379 e. The highest BCUT2D eigenvalue weighted by Gasteiger charge is 2.30. The summed E-state index contributed by atoms with van der Waals surface area (Å²) in [5, 5.41) is 5.64. The van der Waals surface area contributed by atoms with Gasteiger partial charge in [-0.05, 0) is 61.2 Å². The molecule has 1 saturated carbocycles. The van der Waals surface area contributed by atoms with Gasteiger partial charge in [-0.2, -0.15) is 4.31 Å². The van der Waals surface area contributed by atoms with Crippen molar-refractivity contribution in [1.82, 2.24) is 4.31 Å². The second-order valence-electron chi connectivity index (χ2n) is 7.99. The van der Waals surface area contributed by atoms with Gasteiger partial charge in [-0.1, -0.05) is 13.0 Å². The number of sulfonamides is 1. The second-order valence-corrected chi connectivity index (χ2v) is 9.89. The number of hydrogen-bond donors (Lipinski definition) is 2. The number of carbonyl (C=O) groups is 2. The van der Waals surface area contributed by atoms with E-state index in [1.807, 2.05) is 6.92 Å². The molecule has 2 aromatic carbocycles. The molecule has 1 aliphatic carbocycles. The van der Waals surface area contributed by atoms with Crippen molar-refractivity contribution in [2.45, 2.75) is 31.1 Å². The van der Waals surface area contributed by atoms with E-state index in [9.17, 15) is 18.0 Å². The molecular weight excluding hydrogens is 430 g/mol. The van der Waals surface area contributed by atoms with E-state index in [1.165, 1.54) is 10.4 Å². The summed E-state index contributed by atoms with van der Waals surface area (Å²) in [5.74, 6) is -0.268. The normalized spacial score (nSPS) is 17.0. The van der Waals surface area contributed by atoms with Crippen LogP contribution in [0.5, 0.6) is 0 Å². The molecule has 2 aliphatic rings. The van der Waals surface area contributed by atoms with Gasteiger partial charge in [0.15, 0.2) is 0 Å². The molecule has 2 aromatic rings. The number of anilines is 2. The third kappa shape index (κ3) is 5.01. The molecule has 0 bridgehead atoms. The number of rotatable bonds is 7. The summed E-state index contributed by atoms with van der Waals surface area (Å²) >= 11 is 0. The Kier molecular flexibility index (Phi) is 6.59. The Morgan fingerprint density at radius 1 is 1.00 bits per heavy atom. The van der Waals surface area contributed by atoms with E-state index < -0.39 is 15.9 Å². The van der Waals surface area contributed by atoms with Crippen LogP contribution in [0.3, 0.4) is 0 Å². The minimum atomic E-state index is -3.72. The van der Waals surface area contributed by atoms with Crippen LogP contribution in [-0.4, -0.2) is 50.8 Å². The lowest BCUT2D eigenvalue weighted by atomic mass is 10.1. The van der Waals surface area contributed by atoms with Crippen molar-refractivity contribution >= 4 is 33.2 Å². The smallest absolute Gasteiger partial charge is 0.255 e. The van der Waals surface area contributed by atoms with Crippen LogP contribution in [0.2, 0.25) is 0 Å². The number of benzene rings is 2. The van der Waals surface area contributed by atoms with Gasteiger partial charge >= 0.3 is 0 Å². The zero-order chi connectivity index (χ0) is 22.7. The molecule has 32 heavy (non-hydrogen) atoms. The van der Waals surface area contributed by atoms with Crippen molar-refractivity contribution in [3.63, 3.8) is 0 Å². The molecule has 8 nitrogen and oxygen atoms in total. The van der Waals surface area contributed by atoms with Crippen LogP contribution in [0.4, 0.5) is 11.4 Å². The van der Waals surface area contributed by atoms with Crippen molar-refractivity contribution in [2.75, 3.05) is 36.9 Å². The van der Waals surface area contributed by atoms with Gasteiger partial charge in [0.25, 0.3) is 5.91 Å². The van der Waals surface area contributed by atoms with Gasteiger partial charge in [0, 0.05) is 35.9 Å². The van der Waals surface area contributed by atoms with Crippen molar-refractivity contribution in [3.8, 4) is 0 Å². The molecule has 9 heteroatoms. The zero-order valence-corrected chi connectivity index (χ0v) is 18.8. The fraction of sp³-hybridized carbons (Fsp3) is 0.391. The van der Waals surface area contributed by atoms with Crippen LogP contribution in [0, 0.1) is 5.92 Å². The average Bonchev–Trinajstić information content (AvgIpc) is 3.66. The van der Waals surface area contributed by atoms with Gasteiger partial charge < -0.3 is 15.4 Å². The monoisotopic (exact) mass is 457 g/mol. The Morgan fingerprint density at radius 3 is 2.22 bits per heavy atom. The van der Waals surface area contributed by atoms with Crippen LogP contribution >= 0.6 is 0 Å². The Bertz CT molecular complexity index is 1100. The maximum absolute atomic E-state index is 13.2. The molecule has 1 saturated heterocycles. The predicted molar refractivity (Wildman–Crippen MR) is 121 cm³/mol. The fourth-order valence-electron chi connectivity index (χ4n) is 3.58. The molecule has 2 amide bonds. The van der Waals surface area contributed by atoms with E-state index in [0.29, 0.717) is 49.7 Å². The Labute approximate surface area is 188 Å². The van der Waals surface area contributed by atoms with Crippen LogP contribution < -0.4 is 10.6 Å². The van der Waals surface area contributed by atoms with Crippen LogP contribution in [0.15, 0.2) is 47.4 Å². The lowest BCUT2D eigenvalue weighted by Crippen LogP contribution is -2.41. The van der Waals surface area contributed by atoms with E-state index in [0.717, 1.165) is 12.8 Å². The molecule has 4 rings (SSSR count). The maximum Gasteiger partial charge on any atom is 0.255 e. The van der Waals surface area contributed by atoms with Gasteiger partial charge in [-0.25, -0.2) is 8.42 Å². The molecule has 1 heterocycles. The molecule has 0 unspecified atom stereocenters. The number of nitrogens with zero attached hydrogens (tertiary/aromatic N) is 1. The summed E-state index contributed by atoms with van der Waals surface area (Å²) in [6, 6.07) is 11.6. The lowest BCUT2D eigenvalue weighted by molar-refractivity contribution is -0.117. The second kappa shape index (κ2) is 9.40. The highest BCUT2D eigenvalue weighted by molar-refractivity contribution is 7.89. The van der Waals surface area contributed by atoms with Gasteiger partial charge in [0.2, 0.25) is 15.9 Å². The molecule has 0 atom stereocenters. The molecule has 0 aromatic heterocycles. The van der Waals surface area contributed by atoms with Crippen molar-refractivity contribution in [1.29, 1.82) is 0 Å². The molecule has 2 N–H and O–H groups in total. The number of amides is 2. The standard InChI is InChI=1S/C23H27N3O5S/c1-2-16-3-6-18(15-21(16)32(29,30)26-11-13-31-14-12-26)23(28)25-20-9-7-19(8-10-20)24-22(27)17-4-5-17/h3,6-10,15,17H,2,4-5,11-14H2,1H3,(H,24,27)(H,25,28). The largest absolute Gasteiger partial charge is 0.379 e. The molecule has 1 aliphatic heterocycles. The van der Waals surface area contributed by atoms with Gasteiger partial charge in [0.05, 0.1) is 18.1 Å². The van der Waals surface area contributed by atoms with E-state index in [1.54, 1.807) is 36.4 Å². The number of ether oxygens (including phenoxy) is 1. The third-order valence-electron chi connectivity index (χ3n) is 5.66.